The van der Waals surface area contributed by atoms with E-state index in [2.05, 4.69) is 30.3 Å². The van der Waals surface area contributed by atoms with Crippen molar-refractivity contribution < 1.29 is 18.7 Å². The fourth-order valence-electron chi connectivity index (χ4n) is 6.76. The summed E-state index contributed by atoms with van der Waals surface area (Å²) in [7, 11) is 0. The van der Waals surface area contributed by atoms with Crippen LogP contribution in [0.25, 0.3) is 43.8 Å². The average molecular weight is 522 g/mol. The highest BCUT2D eigenvalue weighted by Crippen LogP contribution is 2.40. The summed E-state index contributed by atoms with van der Waals surface area (Å²) in [5.74, 6) is 0.0274. The largest absolute Gasteiger partial charge is 0.464 e. The number of rotatable bonds is 3. The summed E-state index contributed by atoms with van der Waals surface area (Å²) >= 11 is 0. The van der Waals surface area contributed by atoms with Gasteiger partial charge in [-0.25, -0.2) is 4.79 Å². The first-order chi connectivity index (χ1) is 18.9. The van der Waals surface area contributed by atoms with Gasteiger partial charge < -0.3 is 18.8 Å². The average Bonchev–Trinajstić information content (AvgIpc) is 3.36. The van der Waals surface area contributed by atoms with Crippen LogP contribution in [0.2, 0.25) is 0 Å². The molecule has 6 heteroatoms. The molecule has 1 amide bonds. The van der Waals surface area contributed by atoms with Gasteiger partial charge in [0.25, 0.3) is 0 Å². The molecule has 1 aliphatic carbocycles. The number of fused-ring (bicyclic) bond motifs is 4. The number of aliphatic hydroxyl groups is 1. The first-order valence-electron chi connectivity index (χ1n) is 13.9. The molecule has 0 unspecified atom stereocenters. The number of benzene rings is 3. The summed E-state index contributed by atoms with van der Waals surface area (Å²) in [4.78, 5) is 28.2. The number of aryl methyl sites for hydroxylation is 1. The van der Waals surface area contributed by atoms with E-state index in [0.29, 0.717) is 36.2 Å². The zero-order valence-electron chi connectivity index (χ0n) is 22.0. The van der Waals surface area contributed by atoms with Crippen LogP contribution in [0.1, 0.15) is 43.2 Å². The lowest BCUT2D eigenvalue weighted by atomic mass is 9.71. The van der Waals surface area contributed by atoms with E-state index in [1.807, 2.05) is 30.0 Å². The predicted molar refractivity (Wildman–Crippen MR) is 152 cm³/mol. The molecule has 0 bridgehead atoms. The molecule has 3 heterocycles. The molecule has 0 radical (unpaired) electrons. The van der Waals surface area contributed by atoms with Gasteiger partial charge in [0, 0.05) is 41.4 Å². The number of likely N-dealkylation sites (tertiary alicyclic amines) is 1. The maximum atomic E-state index is 13.4. The Hall–Kier alpha value is -3.90. The van der Waals surface area contributed by atoms with Gasteiger partial charge in [0.05, 0.1) is 23.8 Å². The number of piperidine rings is 1. The quantitative estimate of drug-likeness (QED) is 0.279. The van der Waals surface area contributed by atoms with Crippen molar-refractivity contribution in [1.29, 1.82) is 0 Å². The van der Waals surface area contributed by atoms with Crippen molar-refractivity contribution in [2.75, 3.05) is 13.1 Å². The molecule has 7 rings (SSSR count). The molecule has 5 aromatic rings. The van der Waals surface area contributed by atoms with E-state index in [9.17, 15) is 14.7 Å². The van der Waals surface area contributed by atoms with E-state index in [4.69, 9.17) is 8.83 Å². The number of carbonyl (C=O) groups is 1. The number of hydrogen-bond acceptors (Lipinski definition) is 5. The summed E-state index contributed by atoms with van der Waals surface area (Å²) in [5, 5.41) is 15.1. The zero-order chi connectivity index (χ0) is 26.7. The zero-order valence-corrected chi connectivity index (χ0v) is 22.0. The Labute approximate surface area is 225 Å². The molecule has 0 spiro atoms. The normalized spacial score (nSPS) is 21.5. The fourth-order valence-corrected chi connectivity index (χ4v) is 6.76. The highest BCUT2D eigenvalue weighted by atomic mass is 16.4. The van der Waals surface area contributed by atoms with Gasteiger partial charge in [-0.1, -0.05) is 49.2 Å². The molecule has 1 N–H and O–H groups in total. The van der Waals surface area contributed by atoms with Gasteiger partial charge in [-0.05, 0) is 60.2 Å². The minimum absolute atomic E-state index is 0.00376. The van der Waals surface area contributed by atoms with E-state index < -0.39 is 11.2 Å². The number of nitrogens with zero attached hydrogens (tertiary/aromatic N) is 1. The Morgan fingerprint density at radius 1 is 1.03 bits per heavy atom. The molecule has 1 saturated carbocycles. The molecule has 3 aromatic carbocycles. The Kier molecular flexibility index (Phi) is 5.63. The molecular weight excluding hydrogens is 490 g/mol. The minimum atomic E-state index is -0.647. The van der Waals surface area contributed by atoms with Gasteiger partial charge in [-0.2, -0.15) is 0 Å². The predicted octanol–water partition coefficient (Wildman–Crippen LogP) is 6.36. The molecule has 2 aliphatic rings. The molecule has 2 atom stereocenters. The topological polar surface area (TPSA) is 83.9 Å². The van der Waals surface area contributed by atoms with Crippen molar-refractivity contribution in [3.8, 4) is 11.1 Å². The molecule has 2 aromatic heterocycles. The number of hydrogen-bond donors (Lipinski definition) is 1. The van der Waals surface area contributed by atoms with Crippen molar-refractivity contribution in [3.63, 3.8) is 0 Å². The third-order valence-electron chi connectivity index (χ3n) is 9.15. The van der Waals surface area contributed by atoms with Crippen molar-refractivity contribution in [2.45, 2.75) is 51.0 Å². The van der Waals surface area contributed by atoms with E-state index in [0.717, 1.165) is 58.5 Å². The van der Waals surface area contributed by atoms with Crippen LogP contribution >= 0.6 is 0 Å². The highest BCUT2D eigenvalue weighted by Gasteiger charge is 2.43. The molecule has 2 fully saturated rings. The van der Waals surface area contributed by atoms with Crippen molar-refractivity contribution in [1.82, 2.24) is 4.90 Å². The Bertz CT molecular complexity index is 1810. The maximum absolute atomic E-state index is 13.4. The first-order valence-corrected chi connectivity index (χ1v) is 13.9. The lowest BCUT2D eigenvalue weighted by molar-refractivity contribution is -0.142. The van der Waals surface area contributed by atoms with Crippen LogP contribution in [-0.2, 0) is 11.2 Å². The monoisotopic (exact) mass is 521 g/mol. The second kappa shape index (κ2) is 9.09. The van der Waals surface area contributed by atoms with Gasteiger partial charge in [0.2, 0.25) is 5.91 Å². The second-order valence-corrected chi connectivity index (χ2v) is 11.4. The van der Waals surface area contributed by atoms with Crippen LogP contribution in [0.3, 0.4) is 0 Å². The molecular formula is C33H31NO5. The van der Waals surface area contributed by atoms with Crippen LogP contribution in [0.15, 0.2) is 74.5 Å². The van der Waals surface area contributed by atoms with Crippen LogP contribution in [0, 0.1) is 12.8 Å². The van der Waals surface area contributed by atoms with Crippen LogP contribution in [-0.4, -0.2) is 34.6 Å². The Balaban J connectivity index is 1.23. The lowest BCUT2D eigenvalue weighted by Gasteiger charge is -2.47. The van der Waals surface area contributed by atoms with E-state index in [-0.39, 0.29) is 18.2 Å². The van der Waals surface area contributed by atoms with Gasteiger partial charge in [-0.15, -0.1) is 0 Å². The van der Waals surface area contributed by atoms with Gasteiger partial charge in [0.15, 0.2) is 0 Å². The number of amides is 1. The molecule has 39 heavy (non-hydrogen) atoms. The lowest BCUT2D eigenvalue weighted by Crippen LogP contribution is -2.55. The van der Waals surface area contributed by atoms with Crippen LogP contribution < -0.4 is 5.63 Å². The van der Waals surface area contributed by atoms with Gasteiger partial charge in [0.1, 0.15) is 11.2 Å². The van der Waals surface area contributed by atoms with Crippen molar-refractivity contribution in [2.24, 2.45) is 5.92 Å². The summed E-state index contributed by atoms with van der Waals surface area (Å²) in [6, 6.07) is 18.4. The summed E-state index contributed by atoms with van der Waals surface area (Å²) in [6.07, 6.45) is 6.24. The van der Waals surface area contributed by atoms with Gasteiger partial charge >= 0.3 is 5.63 Å². The Morgan fingerprint density at radius 2 is 1.87 bits per heavy atom. The number of furan rings is 1. The maximum Gasteiger partial charge on any atom is 0.340 e. The van der Waals surface area contributed by atoms with Crippen molar-refractivity contribution in [3.05, 3.63) is 82.4 Å². The summed E-state index contributed by atoms with van der Waals surface area (Å²) in [6.45, 7) is 2.96. The smallest absolute Gasteiger partial charge is 0.340 e. The SMILES string of the molecule is Cc1c(CC(=O)N2CC[C@]3(O)CCCC[C@@H]3C2)c(=O)oc2cc3occ(-c4ccc5ccccc5c4)c3cc12. The van der Waals surface area contributed by atoms with E-state index in [1.54, 1.807) is 12.3 Å². The third kappa shape index (κ3) is 4.05. The fraction of sp³-hybridized carbons (Fsp3) is 0.333. The standard InChI is InChI=1S/C33H31NO5/c1-20-25-15-27-28(23-10-9-21-6-2-3-7-22(21)14-23)19-38-29(27)17-30(25)39-32(36)26(20)16-31(35)34-13-12-33(37)11-5-4-8-24(33)18-34/h2-3,6-7,9-10,14-15,17,19,24,37H,4-5,8,11-13,16,18H2,1H3/t24-,33-/m1/s1. The number of carbonyl (C=O) groups excluding carboxylic acids is 1. The van der Waals surface area contributed by atoms with Gasteiger partial charge in [-0.3, -0.25) is 4.79 Å². The Morgan fingerprint density at radius 3 is 2.74 bits per heavy atom. The van der Waals surface area contributed by atoms with E-state index >= 15 is 0 Å². The molecule has 1 aliphatic heterocycles. The first kappa shape index (κ1) is 24.2. The third-order valence-corrected chi connectivity index (χ3v) is 9.15. The summed E-state index contributed by atoms with van der Waals surface area (Å²) < 4.78 is 11.6. The minimum Gasteiger partial charge on any atom is -0.464 e. The van der Waals surface area contributed by atoms with Crippen LogP contribution in [0.5, 0.6) is 0 Å². The van der Waals surface area contributed by atoms with Crippen LogP contribution in [0.4, 0.5) is 0 Å². The molecule has 6 nitrogen and oxygen atoms in total. The van der Waals surface area contributed by atoms with Crippen molar-refractivity contribution >= 4 is 38.6 Å². The second-order valence-electron chi connectivity index (χ2n) is 11.4. The molecule has 198 valence electrons. The highest BCUT2D eigenvalue weighted by molar-refractivity contribution is 6.03. The molecule has 1 saturated heterocycles. The summed E-state index contributed by atoms with van der Waals surface area (Å²) in [5.41, 5.74) is 3.13. The van der Waals surface area contributed by atoms with E-state index in [1.165, 1.54) is 5.39 Å².